The van der Waals surface area contributed by atoms with Gasteiger partial charge in [0, 0.05) is 31.4 Å². The molecule has 2 rings (SSSR count). The van der Waals surface area contributed by atoms with E-state index in [1.54, 1.807) is 38.4 Å². The quantitative estimate of drug-likeness (QED) is 0.890. The van der Waals surface area contributed by atoms with Crippen LogP contribution in [-0.4, -0.2) is 37.0 Å². The lowest BCUT2D eigenvalue weighted by atomic mass is 10.2. The number of benzene rings is 1. The molecule has 1 saturated carbocycles. The third-order valence-electron chi connectivity index (χ3n) is 3.46. The second-order valence-corrected chi connectivity index (χ2v) is 5.36. The fourth-order valence-electron chi connectivity index (χ4n) is 2.41. The van der Waals surface area contributed by atoms with E-state index in [9.17, 15) is 9.59 Å². The Hall–Kier alpha value is -2.04. The summed E-state index contributed by atoms with van der Waals surface area (Å²) in [4.78, 5) is 25.2. The van der Waals surface area contributed by atoms with Crippen LogP contribution >= 0.6 is 0 Å². The summed E-state index contributed by atoms with van der Waals surface area (Å²) in [5, 5.41) is 5.74. The third-order valence-corrected chi connectivity index (χ3v) is 3.46. The van der Waals surface area contributed by atoms with Gasteiger partial charge in [0.2, 0.25) is 0 Å². The highest BCUT2D eigenvalue weighted by Gasteiger charge is 2.17. The van der Waals surface area contributed by atoms with Gasteiger partial charge in [-0.25, -0.2) is 4.79 Å². The van der Waals surface area contributed by atoms with Crippen molar-refractivity contribution in [1.29, 1.82) is 0 Å². The summed E-state index contributed by atoms with van der Waals surface area (Å²) >= 11 is 0. The molecule has 1 aliphatic rings. The molecule has 0 radical (unpaired) electrons. The van der Waals surface area contributed by atoms with E-state index >= 15 is 0 Å². The van der Waals surface area contributed by atoms with Crippen molar-refractivity contribution in [3.8, 4) is 0 Å². The zero-order valence-corrected chi connectivity index (χ0v) is 12.0. The molecule has 5 heteroatoms. The Morgan fingerprint density at radius 2 is 1.90 bits per heavy atom. The summed E-state index contributed by atoms with van der Waals surface area (Å²) in [6.45, 7) is 0. The van der Waals surface area contributed by atoms with E-state index in [1.165, 1.54) is 17.7 Å². The van der Waals surface area contributed by atoms with Gasteiger partial charge >= 0.3 is 6.03 Å². The summed E-state index contributed by atoms with van der Waals surface area (Å²) in [6.07, 6.45) is 4.45. The molecule has 0 atom stereocenters. The Morgan fingerprint density at radius 3 is 2.55 bits per heavy atom. The molecule has 1 fully saturated rings. The summed E-state index contributed by atoms with van der Waals surface area (Å²) in [5.41, 5.74) is 1.20. The molecule has 5 nitrogen and oxygen atoms in total. The van der Waals surface area contributed by atoms with Crippen molar-refractivity contribution in [3.63, 3.8) is 0 Å². The molecule has 20 heavy (non-hydrogen) atoms. The van der Waals surface area contributed by atoms with Crippen LogP contribution in [0.15, 0.2) is 24.3 Å². The first kappa shape index (κ1) is 14.4. The van der Waals surface area contributed by atoms with Gasteiger partial charge in [0.25, 0.3) is 5.91 Å². The minimum absolute atomic E-state index is 0.0788. The molecule has 0 saturated heterocycles. The number of nitrogens with zero attached hydrogens (tertiary/aromatic N) is 1. The van der Waals surface area contributed by atoms with Gasteiger partial charge in [0.1, 0.15) is 0 Å². The Bertz CT molecular complexity index is 494. The fraction of sp³-hybridized carbons (Fsp3) is 0.467. The minimum atomic E-state index is -0.202. The topological polar surface area (TPSA) is 61.4 Å². The Labute approximate surface area is 119 Å². The normalized spacial score (nSPS) is 14.9. The van der Waals surface area contributed by atoms with Gasteiger partial charge in [-0.3, -0.25) is 4.79 Å². The van der Waals surface area contributed by atoms with Crippen LogP contribution in [0.4, 0.5) is 10.5 Å². The van der Waals surface area contributed by atoms with Crippen molar-refractivity contribution in [2.75, 3.05) is 19.4 Å². The smallest absolute Gasteiger partial charge is 0.319 e. The van der Waals surface area contributed by atoms with Crippen molar-refractivity contribution in [3.05, 3.63) is 29.8 Å². The predicted octanol–water partition coefficient (Wildman–Crippen LogP) is 2.45. The van der Waals surface area contributed by atoms with E-state index in [0.29, 0.717) is 11.3 Å². The molecule has 0 bridgehead atoms. The summed E-state index contributed by atoms with van der Waals surface area (Å²) in [6, 6.07) is 7.05. The molecular weight excluding hydrogens is 254 g/mol. The predicted molar refractivity (Wildman–Crippen MR) is 78.9 cm³/mol. The van der Waals surface area contributed by atoms with Crippen LogP contribution in [0, 0.1) is 0 Å². The molecule has 0 spiro atoms. The molecule has 0 aromatic heterocycles. The van der Waals surface area contributed by atoms with Crippen LogP contribution in [0.1, 0.15) is 36.0 Å². The maximum absolute atomic E-state index is 11.9. The zero-order chi connectivity index (χ0) is 14.5. The molecular formula is C15H21N3O2. The molecule has 108 valence electrons. The first-order chi connectivity index (χ1) is 9.56. The molecule has 1 aliphatic carbocycles. The Morgan fingerprint density at radius 1 is 1.20 bits per heavy atom. The highest BCUT2D eigenvalue weighted by molar-refractivity contribution is 5.96. The van der Waals surface area contributed by atoms with Crippen molar-refractivity contribution in [1.82, 2.24) is 10.2 Å². The van der Waals surface area contributed by atoms with Crippen molar-refractivity contribution >= 4 is 17.6 Å². The molecule has 2 N–H and O–H groups in total. The maximum atomic E-state index is 11.9. The monoisotopic (exact) mass is 275 g/mol. The average molecular weight is 275 g/mol. The Balaban J connectivity index is 1.96. The van der Waals surface area contributed by atoms with E-state index < -0.39 is 0 Å². The van der Waals surface area contributed by atoms with E-state index in [2.05, 4.69) is 10.6 Å². The molecule has 1 aromatic carbocycles. The van der Waals surface area contributed by atoms with Crippen LogP contribution in [0.25, 0.3) is 0 Å². The lowest BCUT2D eigenvalue weighted by molar-refractivity contribution is 0.0827. The van der Waals surface area contributed by atoms with Crippen LogP contribution in [0.5, 0.6) is 0 Å². The number of urea groups is 1. The molecule has 0 heterocycles. The Kier molecular flexibility index (Phi) is 4.61. The number of carbonyl (C=O) groups is 2. The number of hydrogen-bond donors (Lipinski definition) is 2. The van der Waals surface area contributed by atoms with Gasteiger partial charge in [-0.2, -0.15) is 0 Å². The number of nitrogens with one attached hydrogen (secondary N) is 2. The SMILES string of the molecule is CN(C)C(=O)c1cccc(NC(=O)NC2CCCC2)c1. The van der Waals surface area contributed by atoms with Crippen molar-refractivity contribution in [2.45, 2.75) is 31.7 Å². The van der Waals surface area contributed by atoms with Gasteiger partial charge in [-0.1, -0.05) is 18.9 Å². The summed E-state index contributed by atoms with van der Waals surface area (Å²) < 4.78 is 0. The van der Waals surface area contributed by atoms with Crippen LogP contribution in [-0.2, 0) is 0 Å². The number of amides is 3. The molecule has 1 aromatic rings. The van der Waals surface area contributed by atoms with E-state index in [-0.39, 0.29) is 18.0 Å². The van der Waals surface area contributed by atoms with Crippen LogP contribution in [0.2, 0.25) is 0 Å². The molecule has 0 aliphatic heterocycles. The highest BCUT2D eigenvalue weighted by Crippen LogP contribution is 2.18. The van der Waals surface area contributed by atoms with Gasteiger partial charge in [0.05, 0.1) is 0 Å². The van der Waals surface area contributed by atoms with Gasteiger partial charge in [-0.15, -0.1) is 0 Å². The van der Waals surface area contributed by atoms with E-state index in [0.717, 1.165) is 12.8 Å². The standard InChI is InChI=1S/C15H21N3O2/c1-18(2)14(19)11-6-5-9-13(10-11)17-15(20)16-12-7-3-4-8-12/h5-6,9-10,12H,3-4,7-8H2,1-2H3,(H2,16,17,20). The average Bonchev–Trinajstić information content (AvgIpc) is 2.90. The lowest BCUT2D eigenvalue weighted by Gasteiger charge is -2.14. The fourth-order valence-corrected chi connectivity index (χ4v) is 2.41. The van der Waals surface area contributed by atoms with Crippen molar-refractivity contribution < 1.29 is 9.59 Å². The zero-order valence-electron chi connectivity index (χ0n) is 12.0. The van der Waals surface area contributed by atoms with Crippen LogP contribution in [0.3, 0.4) is 0 Å². The van der Waals surface area contributed by atoms with Gasteiger partial charge in [0.15, 0.2) is 0 Å². The first-order valence-electron chi connectivity index (χ1n) is 6.95. The van der Waals surface area contributed by atoms with Gasteiger partial charge in [-0.05, 0) is 31.0 Å². The van der Waals surface area contributed by atoms with Crippen molar-refractivity contribution in [2.24, 2.45) is 0 Å². The van der Waals surface area contributed by atoms with Gasteiger partial charge < -0.3 is 15.5 Å². The summed E-state index contributed by atoms with van der Waals surface area (Å²) in [7, 11) is 3.41. The summed E-state index contributed by atoms with van der Waals surface area (Å²) in [5.74, 6) is -0.0788. The van der Waals surface area contributed by atoms with E-state index in [1.807, 2.05) is 0 Å². The largest absolute Gasteiger partial charge is 0.345 e. The van der Waals surface area contributed by atoms with Crippen LogP contribution < -0.4 is 10.6 Å². The molecule has 3 amide bonds. The second kappa shape index (κ2) is 6.41. The third kappa shape index (κ3) is 3.73. The first-order valence-corrected chi connectivity index (χ1v) is 6.95. The number of rotatable bonds is 3. The molecule has 0 unspecified atom stereocenters. The minimum Gasteiger partial charge on any atom is -0.345 e. The maximum Gasteiger partial charge on any atom is 0.319 e. The number of hydrogen-bond acceptors (Lipinski definition) is 2. The number of anilines is 1. The lowest BCUT2D eigenvalue weighted by Crippen LogP contribution is -2.36. The van der Waals surface area contributed by atoms with E-state index in [4.69, 9.17) is 0 Å². The second-order valence-electron chi connectivity index (χ2n) is 5.36. The highest BCUT2D eigenvalue weighted by atomic mass is 16.2. The number of carbonyl (C=O) groups excluding carboxylic acids is 2.